The van der Waals surface area contributed by atoms with E-state index in [1.807, 2.05) is 0 Å². The molecule has 2 heteroatoms. The van der Waals surface area contributed by atoms with Gasteiger partial charge in [0, 0.05) is 18.5 Å². The molecule has 1 atom stereocenters. The van der Waals surface area contributed by atoms with Crippen LogP contribution in [0.2, 0.25) is 0 Å². The van der Waals surface area contributed by atoms with Gasteiger partial charge in [-0.05, 0) is 47.2 Å². The lowest BCUT2D eigenvalue weighted by molar-refractivity contribution is 0.0600. The SMILES string of the molecule is c1ccc(C2(CCCN3Cc4ccccc4C3)COCc3ccccc32)cc1. The Morgan fingerprint density at radius 3 is 2.14 bits per heavy atom. The molecule has 0 amide bonds. The maximum atomic E-state index is 6.13. The molecule has 0 radical (unpaired) electrons. The minimum atomic E-state index is -0.0390. The molecule has 1 unspecified atom stereocenters. The third-order valence-corrected chi connectivity index (χ3v) is 6.45. The molecule has 3 aromatic carbocycles. The van der Waals surface area contributed by atoms with Crippen LogP contribution in [0.25, 0.3) is 0 Å². The quantitative estimate of drug-likeness (QED) is 0.605. The highest BCUT2D eigenvalue weighted by molar-refractivity contribution is 5.45. The Labute approximate surface area is 167 Å². The zero-order valence-corrected chi connectivity index (χ0v) is 16.3. The van der Waals surface area contributed by atoms with Gasteiger partial charge in [-0.15, -0.1) is 0 Å². The average Bonchev–Trinajstić information content (AvgIpc) is 3.17. The van der Waals surface area contributed by atoms with E-state index < -0.39 is 0 Å². The lowest BCUT2D eigenvalue weighted by Crippen LogP contribution is -2.38. The highest BCUT2D eigenvalue weighted by Gasteiger charge is 2.38. The zero-order valence-electron chi connectivity index (χ0n) is 16.3. The Balaban J connectivity index is 1.37. The summed E-state index contributed by atoms with van der Waals surface area (Å²) in [4.78, 5) is 2.58. The third-order valence-electron chi connectivity index (χ3n) is 6.45. The van der Waals surface area contributed by atoms with Crippen molar-refractivity contribution < 1.29 is 4.74 Å². The molecule has 28 heavy (non-hydrogen) atoms. The van der Waals surface area contributed by atoms with Crippen LogP contribution in [-0.2, 0) is 29.8 Å². The molecule has 0 N–H and O–H groups in total. The Kier molecular flexibility index (Phi) is 4.76. The van der Waals surface area contributed by atoms with Gasteiger partial charge in [-0.25, -0.2) is 0 Å². The first kappa shape index (κ1) is 17.7. The Bertz CT molecular complexity index is 926. The number of benzene rings is 3. The Morgan fingerprint density at radius 1 is 0.750 bits per heavy atom. The van der Waals surface area contributed by atoms with Gasteiger partial charge in [0.05, 0.1) is 13.2 Å². The van der Waals surface area contributed by atoms with E-state index in [1.165, 1.54) is 34.2 Å². The molecule has 2 aliphatic heterocycles. The van der Waals surface area contributed by atoms with Gasteiger partial charge in [0.15, 0.2) is 0 Å². The van der Waals surface area contributed by atoms with Gasteiger partial charge >= 0.3 is 0 Å². The van der Waals surface area contributed by atoms with E-state index in [9.17, 15) is 0 Å². The first-order valence-electron chi connectivity index (χ1n) is 10.4. The molecule has 0 fully saturated rings. The topological polar surface area (TPSA) is 12.5 Å². The molecule has 0 aromatic heterocycles. The van der Waals surface area contributed by atoms with Crippen LogP contribution in [0.1, 0.15) is 40.7 Å². The maximum Gasteiger partial charge on any atom is 0.0720 e. The summed E-state index contributed by atoms with van der Waals surface area (Å²) >= 11 is 0. The first-order chi connectivity index (χ1) is 13.9. The maximum absolute atomic E-state index is 6.13. The van der Waals surface area contributed by atoms with E-state index in [2.05, 4.69) is 83.8 Å². The van der Waals surface area contributed by atoms with E-state index in [1.54, 1.807) is 0 Å². The molecule has 0 spiro atoms. The van der Waals surface area contributed by atoms with E-state index >= 15 is 0 Å². The van der Waals surface area contributed by atoms with Crippen LogP contribution in [0.5, 0.6) is 0 Å². The molecule has 0 bridgehead atoms. The van der Waals surface area contributed by atoms with Crippen molar-refractivity contribution in [3.05, 3.63) is 107 Å². The van der Waals surface area contributed by atoms with Crippen LogP contribution < -0.4 is 0 Å². The fraction of sp³-hybridized carbons (Fsp3) is 0.308. The van der Waals surface area contributed by atoms with Crippen LogP contribution >= 0.6 is 0 Å². The van der Waals surface area contributed by atoms with Crippen molar-refractivity contribution in [2.45, 2.75) is 38.0 Å². The van der Waals surface area contributed by atoms with Crippen LogP contribution in [-0.4, -0.2) is 18.1 Å². The fourth-order valence-corrected chi connectivity index (χ4v) is 5.04. The first-order valence-corrected chi connectivity index (χ1v) is 10.4. The van der Waals surface area contributed by atoms with Crippen molar-refractivity contribution in [1.29, 1.82) is 0 Å². The second-order valence-electron chi connectivity index (χ2n) is 8.18. The lowest BCUT2D eigenvalue weighted by atomic mass is 9.69. The summed E-state index contributed by atoms with van der Waals surface area (Å²) in [6.07, 6.45) is 2.28. The van der Waals surface area contributed by atoms with Crippen LogP contribution in [0, 0.1) is 0 Å². The molecule has 0 saturated heterocycles. The molecule has 3 aromatic rings. The lowest BCUT2D eigenvalue weighted by Gasteiger charge is -2.40. The van der Waals surface area contributed by atoms with Crippen molar-refractivity contribution in [2.24, 2.45) is 0 Å². The van der Waals surface area contributed by atoms with Crippen molar-refractivity contribution in [2.75, 3.05) is 13.2 Å². The van der Waals surface area contributed by atoms with Gasteiger partial charge < -0.3 is 4.74 Å². The summed E-state index contributed by atoms with van der Waals surface area (Å²) in [6, 6.07) is 28.7. The largest absolute Gasteiger partial charge is 0.375 e. The number of rotatable bonds is 5. The Hall–Kier alpha value is -2.42. The molecular formula is C26H27NO. The van der Waals surface area contributed by atoms with Gasteiger partial charge in [0.25, 0.3) is 0 Å². The van der Waals surface area contributed by atoms with E-state index in [0.29, 0.717) is 0 Å². The monoisotopic (exact) mass is 369 g/mol. The van der Waals surface area contributed by atoms with E-state index in [-0.39, 0.29) is 5.41 Å². The molecule has 2 aliphatic rings. The number of hydrogen-bond acceptors (Lipinski definition) is 2. The van der Waals surface area contributed by atoms with Crippen molar-refractivity contribution in [3.63, 3.8) is 0 Å². The molecule has 5 rings (SSSR count). The molecule has 0 aliphatic carbocycles. The number of ether oxygens (including phenoxy) is 1. The standard InChI is InChI=1S/C26H27NO/c1-2-12-24(13-3-1)26(20-28-19-23-11-6-7-14-25(23)26)15-8-16-27-17-21-9-4-5-10-22(21)18-27/h1-7,9-14H,8,15-20H2. The van der Waals surface area contributed by atoms with Gasteiger partial charge in [-0.3, -0.25) is 4.90 Å². The molecular weight excluding hydrogens is 342 g/mol. The minimum Gasteiger partial charge on any atom is -0.375 e. The van der Waals surface area contributed by atoms with Crippen molar-refractivity contribution in [3.8, 4) is 0 Å². The molecule has 0 saturated carbocycles. The van der Waals surface area contributed by atoms with Gasteiger partial charge in [0.1, 0.15) is 0 Å². The second kappa shape index (κ2) is 7.54. The highest BCUT2D eigenvalue weighted by Crippen LogP contribution is 2.42. The van der Waals surface area contributed by atoms with Gasteiger partial charge in [-0.2, -0.15) is 0 Å². The van der Waals surface area contributed by atoms with Crippen molar-refractivity contribution >= 4 is 0 Å². The molecule has 2 heterocycles. The van der Waals surface area contributed by atoms with E-state index in [0.717, 1.165) is 39.3 Å². The van der Waals surface area contributed by atoms with Crippen LogP contribution in [0.4, 0.5) is 0 Å². The fourth-order valence-electron chi connectivity index (χ4n) is 5.04. The summed E-state index contributed by atoms with van der Waals surface area (Å²) < 4.78 is 6.13. The third kappa shape index (κ3) is 3.17. The normalized spacial score (nSPS) is 21.3. The second-order valence-corrected chi connectivity index (χ2v) is 8.18. The number of fused-ring (bicyclic) bond motifs is 2. The number of hydrogen-bond donors (Lipinski definition) is 0. The minimum absolute atomic E-state index is 0.0390. The summed E-state index contributed by atoms with van der Waals surface area (Å²) in [5.74, 6) is 0. The van der Waals surface area contributed by atoms with Crippen molar-refractivity contribution in [1.82, 2.24) is 4.90 Å². The summed E-state index contributed by atoms with van der Waals surface area (Å²) in [6.45, 7) is 4.80. The molecule has 2 nitrogen and oxygen atoms in total. The molecule has 142 valence electrons. The summed E-state index contributed by atoms with van der Waals surface area (Å²) in [5, 5.41) is 0. The Morgan fingerprint density at radius 2 is 1.39 bits per heavy atom. The zero-order chi connectivity index (χ0) is 18.8. The van der Waals surface area contributed by atoms with Crippen LogP contribution in [0.3, 0.4) is 0 Å². The summed E-state index contributed by atoms with van der Waals surface area (Å²) in [5.41, 5.74) is 7.12. The van der Waals surface area contributed by atoms with Gasteiger partial charge in [0.2, 0.25) is 0 Å². The smallest absolute Gasteiger partial charge is 0.0720 e. The number of nitrogens with zero attached hydrogens (tertiary/aromatic N) is 1. The average molecular weight is 370 g/mol. The summed E-state index contributed by atoms with van der Waals surface area (Å²) in [7, 11) is 0. The predicted octanol–water partition coefficient (Wildman–Crippen LogP) is 5.30. The van der Waals surface area contributed by atoms with E-state index in [4.69, 9.17) is 4.74 Å². The van der Waals surface area contributed by atoms with Gasteiger partial charge in [-0.1, -0.05) is 78.9 Å². The highest BCUT2D eigenvalue weighted by atomic mass is 16.5. The predicted molar refractivity (Wildman–Crippen MR) is 113 cm³/mol. The van der Waals surface area contributed by atoms with Crippen LogP contribution in [0.15, 0.2) is 78.9 Å².